The summed E-state index contributed by atoms with van der Waals surface area (Å²) in [6.07, 6.45) is 2.86. The lowest BCUT2D eigenvalue weighted by atomic mass is 9.61. The molecule has 0 fully saturated rings. The molecule has 0 saturated heterocycles. The Morgan fingerprint density at radius 3 is 2.12 bits per heavy atom. The van der Waals surface area contributed by atoms with Crippen molar-refractivity contribution in [2.75, 3.05) is 0 Å². The Morgan fingerprint density at radius 1 is 1.06 bits per heavy atom. The Hall–Kier alpha value is -0.520. The van der Waals surface area contributed by atoms with Gasteiger partial charge < -0.3 is 0 Å². The van der Waals surface area contributed by atoms with Crippen molar-refractivity contribution in [1.29, 1.82) is 0 Å². The van der Waals surface area contributed by atoms with Gasteiger partial charge in [-0.25, -0.2) is 0 Å². The lowest BCUT2D eigenvalue weighted by Crippen LogP contribution is -2.13. The minimum Gasteiger partial charge on any atom is -0.111 e. The van der Waals surface area contributed by atoms with Crippen LogP contribution in [0.4, 0.5) is 0 Å². The molecule has 0 heterocycles. The highest BCUT2D eigenvalue weighted by atomic mass is 14.2. The molecule has 1 rings (SSSR count). The van der Waals surface area contributed by atoms with Gasteiger partial charge in [0.15, 0.2) is 0 Å². The van der Waals surface area contributed by atoms with Crippen LogP contribution in [0.3, 0.4) is 0 Å². The van der Waals surface area contributed by atoms with E-state index in [4.69, 9.17) is 31.4 Å². The SMILES string of the molecule is [B]C1=CC(C(C)C)C/C(C)=C(/[B])C([B])=C1[B]. The van der Waals surface area contributed by atoms with E-state index < -0.39 is 0 Å². The molecule has 0 N–H and O–H groups in total. The van der Waals surface area contributed by atoms with Crippen LogP contribution in [0.5, 0.6) is 0 Å². The van der Waals surface area contributed by atoms with Crippen molar-refractivity contribution in [3.05, 3.63) is 33.5 Å². The Labute approximate surface area is 104 Å². The Morgan fingerprint density at radius 2 is 1.62 bits per heavy atom. The number of hydrogen-bond acceptors (Lipinski definition) is 0. The maximum Gasteiger partial charge on any atom is 0.112 e. The minimum atomic E-state index is 0.352. The Balaban J connectivity index is 3.27. The van der Waals surface area contributed by atoms with E-state index in [2.05, 4.69) is 13.8 Å². The van der Waals surface area contributed by atoms with Crippen LogP contribution < -0.4 is 0 Å². The van der Waals surface area contributed by atoms with Gasteiger partial charge in [0.2, 0.25) is 0 Å². The summed E-state index contributed by atoms with van der Waals surface area (Å²) < 4.78 is 0. The van der Waals surface area contributed by atoms with Gasteiger partial charge in [0.05, 0.1) is 0 Å². The molecule has 0 nitrogen and oxygen atoms in total. The van der Waals surface area contributed by atoms with Crippen LogP contribution in [-0.2, 0) is 0 Å². The van der Waals surface area contributed by atoms with Gasteiger partial charge in [0, 0.05) is 0 Å². The molecule has 0 saturated carbocycles. The molecule has 0 bridgehead atoms. The fourth-order valence-corrected chi connectivity index (χ4v) is 1.80. The van der Waals surface area contributed by atoms with Crippen LogP contribution in [0.25, 0.3) is 0 Å². The summed E-state index contributed by atoms with van der Waals surface area (Å²) in [6.45, 7) is 6.30. The second kappa shape index (κ2) is 5.21. The topological polar surface area (TPSA) is 0 Å². The van der Waals surface area contributed by atoms with Gasteiger partial charge in [-0.1, -0.05) is 25.5 Å². The van der Waals surface area contributed by atoms with Crippen LogP contribution in [0.15, 0.2) is 33.5 Å². The number of rotatable bonds is 1. The van der Waals surface area contributed by atoms with E-state index in [-0.39, 0.29) is 0 Å². The standard InChI is InChI=1S/C12H14B4/c1-6(2)8-4-7(3)10(14)12(16)11(15)9(13)5-8/h5-6,8H,4H2,1-3H3/b9-5?,10-7+,12-11?. The molecule has 0 aromatic rings. The Kier molecular flexibility index (Phi) is 4.41. The summed E-state index contributed by atoms with van der Waals surface area (Å²) in [4.78, 5) is 0. The van der Waals surface area contributed by atoms with Gasteiger partial charge >= 0.3 is 0 Å². The maximum absolute atomic E-state index is 5.94. The number of hydrogen-bond donors (Lipinski definition) is 0. The molecular formula is C12H14B4. The summed E-state index contributed by atoms with van der Waals surface area (Å²) in [6, 6.07) is 0. The third-order valence-electron chi connectivity index (χ3n) is 3.14. The van der Waals surface area contributed by atoms with E-state index >= 15 is 0 Å². The predicted molar refractivity (Wildman–Crippen MR) is 73.8 cm³/mol. The van der Waals surface area contributed by atoms with E-state index in [1.54, 1.807) is 0 Å². The van der Waals surface area contributed by atoms with Gasteiger partial charge in [-0.15, -0.1) is 21.9 Å². The van der Waals surface area contributed by atoms with Crippen molar-refractivity contribution in [2.24, 2.45) is 11.8 Å². The lowest BCUT2D eigenvalue weighted by Gasteiger charge is -2.25. The van der Waals surface area contributed by atoms with Crippen LogP contribution in [0.2, 0.25) is 0 Å². The second-order valence-electron chi connectivity index (χ2n) is 4.76. The first-order chi connectivity index (χ1) is 7.34. The highest BCUT2D eigenvalue weighted by molar-refractivity contribution is 6.45. The monoisotopic (exact) mass is 202 g/mol. The van der Waals surface area contributed by atoms with Gasteiger partial charge in [-0.2, -0.15) is 0 Å². The van der Waals surface area contributed by atoms with E-state index in [1.807, 2.05) is 13.0 Å². The molecule has 0 spiro atoms. The van der Waals surface area contributed by atoms with E-state index in [1.165, 1.54) is 0 Å². The van der Waals surface area contributed by atoms with Gasteiger partial charge in [-0.05, 0) is 25.2 Å². The first-order valence-electron chi connectivity index (χ1n) is 5.53. The lowest BCUT2D eigenvalue weighted by molar-refractivity contribution is 0.460. The summed E-state index contributed by atoms with van der Waals surface area (Å²) in [5.41, 5.74) is 2.96. The molecule has 0 amide bonds. The van der Waals surface area contributed by atoms with Crippen molar-refractivity contribution in [3.8, 4) is 0 Å². The summed E-state index contributed by atoms with van der Waals surface area (Å²) in [5.74, 6) is 0.846. The average Bonchev–Trinajstić information content (AvgIpc) is 2.23. The van der Waals surface area contributed by atoms with E-state index in [9.17, 15) is 0 Å². The normalized spacial score (nSPS) is 27.8. The molecule has 0 aromatic heterocycles. The maximum atomic E-state index is 5.94. The van der Waals surface area contributed by atoms with Gasteiger partial charge in [0.1, 0.15) is 31.4 Å². The third kappa shape index (κ3) is 2.78. The van der Waals surface area contributed by atoms with Crippen molar-refractivity contribution in [1.82, 2.24) is 0 Å². The van der Waals surface area contributed by atoms with Gasteiger partial charge in [0.25, 0.3) is 0 Å². The highest BCUT2D eigenvalue weighted by Gasteiger charge is 2.16. The molecule has 16 heavy (non-hydrogen) atoms. The van der Waals surface area contributed by atoms with E-state index in [0.717, 1.165) is 12.0 Å². The molecule has 0 aliphatic heterocycles. The van der Waals surface area contributed by atoms with Crippen molar-refractivity contribution in [2.45, 2.75) is 27.2 Å². The highest BCUT2D eigenvalue weighted by Crippen LogP contribution is 2.29. The van der Waals surface area contributed by atoms with E-state index in [0.29, 0.717) is 33.7 Å². The first kappa shape index (κ1) is 13.5. The molecule has 0 aromatic carbocycles. The molecule has 4 heteroatoms. The molecule has 1 unspecified atom stereocenters. The van der Waals surface area contributed by atoms with Crippen LogP contribution in [0, 0.1) is 11.8 Å². The fourth-order valence-electron chi connectivity index (χ4n) is 1.80. The summed E-state index contributed by atoms with van der Waals surface area (Å²) in [7, 11) is 23.5. The smallest absolute Gasteiger partial charge is 0.111 e. The van der Waals surface area contributed by atoms with Crippen molar-refractivity contribution in [3.63, 3.8) is 0 Å². The zero-order valence-electron chi connectivity index (χ0n) is 10.2. The summed E-state index contributed by atoms with van der Waals surface area (Å²) in [5, 5.41) is 0. The average molecular weight is 201 g/mol. The predicted octanol–water partition coefficient (Wildman–Crippen LogP) is 1.71. The molecule has 74 valence electrons. The van der Waals surface area contributed by atoms with Crippen LogP contribution >= 0.6 is 0 Å². The molecule has 8 radical (unpaired) electrons. The quantitative estimate of drug-likeness (QED) is 0.567. The van der Waals surface area contributed by atoms with Crippen LogP contribution in [-0.4, -0.2) is 31.4 Å². The zero-order chi connectivity index (χ0) is 12.5. The molecule has 1 aliphatic carbocycles. The molecular weight excluding hydrogens is 187 g/mol. The van der Waals surface area contributed by atoms with Gasteiger partial charge in [-0.3, -0.25) is 0 Å². The Bertz CT molecular complexity index is 374. The zero-order valence-corrected chi connectivity index (χ0v) is 10.2. The van der Waals surface area contributed by atoms with Crippen LogP contribution in [0.1, 0.15) is 27.2 Å². The summed E-state index contributed by atoms with van der Waals surface area (Å²) >= 11 is 0. The fraction of sp³-hybridized carbons (Fsp3) is 0.500. The molecule has 1 aliphatic rings. The third-order valence-corrected chi connectivity index (χ3v) is 3.14. The van der Waals surface area contributed by atoms with Crippen molar-refractivity contribution < 1.29 is 0 Å². The van der Waals surface area contributed by atoms with Crippen molar-refractivity contribution >= 4 is 31.4 Å². The second-order valence-corrected chi connectivity index (χ2v) is 4.76. The molecule has 1 atom stereocenters. The number of allylic oxidation sites excluding steroid dienone is 6. The first-order valence-corrected chi connectivity index (χ1v) is 5.53. The largest absolute Gasteiger partial charge is 0.112 e. The minimum absolute atomic E-state index is 0.352.